The van der Waals surface area contributed by atoms with Crippen LogP contribution < -0.4 is 5.32 Å². The number of aliphatic carboxylic acids is 1. The van der Waals surface area contributed by atoms with Crippen LogP contribution in [-0.4, -0.2) is 36.7 Å². The minimum atomic E-state index is -1.19. The van der Waals surface area contributed by atoms with Crippen LogP contribution in [0.1, 0.15) is 15.9 Å². The van der Waals surface area contributed by atoms with Crippen molar-refractivity contribution < 1.29 is 23.8 Å². The molecule has 2 N–H and O–H groups in total. The Morgan fingerprint density at radius 1 is 1.50 bits per heavy atom. The molecule has 1 aromatic carbocycles. The minimum absolute atomic E-state index is 0.116. The first-order valence-electron chi connectivity index (χ1n) is 5.26. The van der Waals surface area contributed by atoms with Crippen molar-refractivity contribution in [3.63, 3.8) is 0 Å². The summed E-state index contributed by atoms with van der Waals surface area (Å²) in [7, 11) is 1.22. The molecule has 0 aliphatic carbocycles. The monoisotopic (exact) mass is 255 g/mol. The van der Waals surface area contributed by atoms with Gasteiger partial charge in [-0.1, -0.05) is 12.1 Å². The van der Waals surface area contributed by atoms with Crippen LogP contribution in [0, 0.1) is 12.7 Å². The zero-order chi connectivity index (χ0) is 13.7. The van der Waals surface area contributed by atoms with Crippen molar-refractivity contribution in [2.24, 2.45) is 0 Å². The van der Waals surface area contributed by atoms with Gasteiger partial charge in [0, 0.05) is 7.11 Å². The topological polar surface area (TPSA) is 75.6 Å². The Morgan fingerprint density at radius 3 is 2.72 bits per heavy atom. The number of nitrogens with one attached hydrogen (secondary N) is 1. The van der Waals surface area contributed by atoms with Crippen molar-refractivity contribution >= 4 is 11.9 Å². The summed E-state index contributed by atoms with van der Waals surface area (Å²) in [6.45, 7) is 1.32. The normalized spacial score (nSPS) is 11.9. The molecule has 1 amide bonds. The van der Waals surface area contributed by atoms with Crippen LogP contribution in [0.25, 0.3) is 0 Å². The lowest BCUT2D eigenvalue weighted by molar-refractivity contribution is -0.148. The zero-order valence-corrected chi connectivity index (χ0v) is 10.1. The van der Waals surface area contributed by atoms with Crippen LogP contribution in [0.15, 0.2) is 18.2 Å². The summed E-state index contributed by atoms with van der Waals surface area (Å²) in [6.07, 6.45) is -1.15. The van der Waals surface area contributed by atoms with Crippen LogP contribution in [0.2, 0.25) is 0 Å². The Balaban J connectivity index is 2.71. The molecule has 0 spiro atoms. The smallest absolute Gasteiger partial charge is 0.334 e. The van der Waals surface area contributed by atoms with Crippen LogP contribution in [0.4, 0.5) is 4.39 Å². The predicted octanol–water partition coefficient (Wildman–Crippen LogP) is 0.964. The van der Waals surface area contributed by atoms with E-state index in [2.05, 4.69) is 10.1 Å². The molecule has 0 aromatic heterocycles. The summed E-state index contributed by atoms with van der Waals surface area (Å²) in [6, 6.07) is 4.43. The number of hydrogen-bond acceptors (Lipinski definition) is 3. The quantitative estimate of drug-likeness (QED) is 0.821. The lowest BCUT2D eigenvalue weighted by Gasteiger charge is -2.12. The van der Waals surface area contributed by atoms with E-state index in [4.69, 9.17) is 5.11 Å². The Bertz CT molecular complexity index is 461. The zero-order valence-electron chi connectivity index (χ0n) is 10.1. The molecule has 5 nitrogen and oxygen atoms in total. The maximum absolute atomic E-state index is 13.6. The van der Waals surface area contributed by atoms with Gasteiger partial charge in [-0.15, -0.1) is 0 Å². The van der Waals surface area contributed by atoms with Gasteiger partial charge >= 0.3 is 5.97 Å². The van der Waals surface area contributed by atoms with E-state index in [1.807, 2.05) is 0 Å². The number of carboxylic acids is 1. The van der Waals surface area contributed by atoms with Gasteiger partial charge in [-0.25, -0.2) is 9.18 Å². The fourth-order valence-electron chi connectivity index (χ4n) is 1.37. The number of hydrogen-bond donors (Lipinski definition) is 2. The molecule has 0 bridgehead atoms. The van der Waals surface area contributed by atoms with Gasteiger partial charge in [-0.05, 0) is 18.6 Å². The van der Waals surface area contributed by atoms with Crippen LogP contribution >= 0.6 is 0 Å². The molecular formula is C12H14FNO4. The van der Waals surface area contributed by atoms with Gasteiger partial charge in [-0.2, -0.15) is 0 Å². The molecule has 0 heterocycles. The number of carboxylic acid groups (broad SMARTS) is 1. The first-order chi connectivity index (χ1) is 8.47. The first-order valence-corrected chi connectivity index (χ1v) is 5.26. The van der Waals surface area contributed by atoms with E-state index in [0.717, 1.165) is 0 Å². The van der Waals surface area contributed by atoms with Gasteiger partial charge in [0.05, 0.1) is 12.1 Å². The SMILES string of the molecule is COC(CNC(=O)c1cccc(C)c1F)C(=O)O. The van der Waals surface area contributed by atoms with Gasteiger partial charge in [0.25, 0.3) is 5.91 Å². The second kappa shape index (κ2) is 6.11. The molecule has 0 saturated heterocycles. The van der Waals surface area contributed by atoms with Crippen LogP contribution in [0.3, 0.4) is 0 Å². The first kappa shape index (κ1) is 14.1. The van der Waals surface area contributed by atoms with E-state index in [0.29, 0.717) is 5.56 Å². The Labute approximate surface area is 104 Å². The number of aryl methyl sites for hydroxylation is 1. The highest BCUT2D eigenvalue weighted by molar-refractivity contribution is 5.95. The summed E-state index contributed by atoms with van der Waals surface area (Å²) in [5.41, 5.74) is 0.236. The standard InChI is InChI=1S/C12H14FNO4/c1-7-4-3-5-8(10(7)13)11(15)14-6-9(18-2)12(16)17/h3-5,9H,6H2,1-2H3,(H,14,15)(H,16,17). The molecule has 0 fully saturated rings. The molecule has 1 rings (SSSR count). The third kappa shape index (κ3) is 3.27. The molecule has 6 heteroatoms. The van der Waals surface area contributed by atoms with E-state index < -0.39 is 23.8 Å². The molecule has 0 aliphatic heterocycles. The molecule has 1 aromatic rings. The second-order valence-electron chi connectivity index (χ2n) is 3.71. The number of carbonyl (C=O) groups excluding carboxylic acids is 1. The molecule has 0 saturated carbocycles. The number of ether oxygens (including phenoxy) is 1. The third-order valence-electron chi connectivity index (χ3n) is 2.44. The highest BCUT2D eigenvalue weighted by Crippen LogP contribution is 2.11. The maximum Gasteiger partial charge on any atom is 0.334 e. The van der Waals surface area contributed by atoms with Crippen LogP contribution in [-0.2, 0) is 9.53 Å². The van der Waals surface area contributed by atoms with Crippen LogP contribution in [0.5, 0.6) is 0 Å². The van der Waals surface area contributed by atoms with Crippen molar-refractivity contribution in [3.05, 3.63) is 35.1 Å². The lowest BCUT2D eigenvalue weighted by Crippen LogP contribution is -2.38. The fourth-order valence-corrected chi connectivity index (χ4v) is 1.37. The average Bonchev–Trinajstić information content (AvgIpc) is 2.32. The number of carbonyl (C=O) groups is 2. The molecule has 1 atom stereocenters. The van der Waals surface area contributed by atoms with E-state index in [9.17, 15) is 14.0 Å². The number of rotatable bonds is 5. The average molecular weight is 255 g/mol. The van der Waals surface area contributed by atoms with Gasteiger partial charge in [-0.3, -0.25) is 4.79 Å². The summed E-state index contributed by atoms with van der Waals surface area (Å²) < 4.78 is 18.3. The van der Waals surface area contributed by atoms with E-state index in [1.165, 1.54) is 13.2 Å². The maximum atomic E-state index is 13.6. The summed E-state index contributed by atoms with van der Waals surface area (Å²) in [5, 5.41) is 11.0. The lowest BCUT2D eigenvalue weighted by atomic mass is 10.1. The second-order valence-corrected chi connectivity index (χ2v) is 3.71. The van der Waals surface area contributed by atoms with Crippen molar-refractivity contribution in [2.75, 3.05) is 13.7 Å². The van der Waals surface area contributed by atoms with Crippen molar-refractivity contribution in [3.8, 4) is 0 Å². The fraction of sp³-hybridized carbons (Fsp3) is 0.333. The predicted molar refractivity (Wildman–Crippen MR) is 61.9 cm³/mol. The van der Waals surface area contributed by atoms with Crippen molar-refractivity contribution in [2.45, 2.75) is 13.0 Å². The molecular weight excluding hydrogens is 241 g/mol. The highest BCUT2D eigenvalue weighted by atomic mass is 19.1. The number of methoxy groups -OCH3 is 1. The van der Waals surface area contributed by atoms with E-state index in [1.54, 1.807) is 19.1 Å². The summed E-state index contributed by atoms with van der Waals surface area (Å²) in [5.74, 6) is -2.47. The number of benzene rings is 1. The highest BCUT2D eigenvalue weighted by Gasteiger charge is 2.19. The van der Waals surface area contributed by atoms with E-state index >= 15 is 0 Å². The summed E-state index contributed by atoms with van der Waals surface area (Å²) >= 11 is 0. The molecule has 0 radical (unpaired) electrons. The molecule has 98 valence electrons. The van der Waals surface area contributed by atoms with Gasteiger partial charge in [0.2, 0.25) is 0 Å². The minimum Gasteiger partial charge on any atom is -0.479 e. The number of halogens is 1. The molecule has 18 heavy (non-hydrogen) atoms. The summed E-state index contributed by atoms with van der Waals surface area (Å²) in [4.78, 5) is 22.3. The number of amides is 1. The Kier molecular flexibility index (Phi) is 4.79. The largest absolute Gasteiger partial charge is 0.479 e. The Morgan fingerprint density at radius 2 is 2.17 bits per heavy atom. The van der Waals surface area contributed by atoms with Crippen molar-refractivity contribution in [1.29, 1.82) is 0 Å². The van der Waals surface area contributed by atoms with Gasteiger partial charge in [0.15, 0.2) is 6.10 Å². The van der Waals surface area contributed by atoms with Gasteiger partial charge < -0.3 is 15.2 Å². The van der Waals surface area contributed by atoms with E-state index in [-0.39, 0.29) is 12.1 Å². The van der Waals surface area contributed by atoms with Gasteiger partial charge in [0.1, 0.15) is 5.82 Å². The Hall–Kier alpha value is -1.95. The molecule has 1 unspecified atom stereocenters. The van der Waals surface area contributed by atoms with Crippen molar-refractivity contribution in [1.82, 2.24) is 5.32 Å². The molecule has 0 aliphatic rings. The third-order valence-corrected chi connectivity index (χ3v) is 2.44.